The van der Waals surface area contributed by atoms with Crippen molar-refractivity contribution in [2.24, 2.45) is 5.73 Å². The van der Waals surface area contributed by atoms with Crippen molar-refractivity contribution in [3.05, 3.63) is 59.9 Å². The van der Waals surface area contributed by atoms with E-state index in [2.05, 4.69) is 4.98 Å². The summed E-state index contributed by atoms with van der Waals surface area (Å²) in [6.45, 7) is 0. The Hall–Kier alpha value is -2.27. The first kappa shape index (κ1) is 17.5. The van der Waals surface area contributed by atoms with Gasteiger partial charge in [0.05, 0.1) is 5.52 Å². The molecule has 0 aliphatic heterocycles. The molecule has 1 aliphatic rings. The van der Waals surface area contributed by atoms with Crippen LogP contribution in [0.5, 0.6) is 0 Å². The van der Waals surface area contributed by atoms with Crippen LogP contribution in [0.1, 0.15) is 32.1 Å². The number of fused-ring (bicyclic) bond motifs is 1. The van der Waals surface area contributed by atoms with Crippen LogP contribution in [0.3, 0.4) is 0 Å². The van der Waals surface area contributed by atoms with Crippen molar-refractivity contribution >= 4 is 10.9 Å². The average Bonchev–Trinajstić information content (AvgIpc) is 3.01. The maximum Gasteiger partial charge on any atom is 0.150 e. The standard InChI is InChI=1S/C14H8F3N.C6H13N/c15-10-3-1-8(2-4-10)13-6-9-5-11(16)7-12(17)14(9)18-13;7-6-4-2-1-3-5-6/h1-7,18H;6H,1-5,7H2. The predicted molar refractivity (Wildman–Crippen MR) is 94.7 cm³/mol. The van der Waals surface area contributed by atoms with Crippen LogP contribution >= 0.6 is 0 Å². The summed E-state index contributed by atoms with van der Waals surface area (Å²) in [5.41, 5.74) is 7.22. The van der Waals surface area contributed by atoms with Gasteiger partial charge in [-0.25, -0.2) is 13.2 Å². The van der Waals surface area contributed by atoms with Crippen LogP contribution in [0, 0.1) is 17.5 Å². The van der Waals surface area contributed by atoms with Crippen molar-refractivity contribution in [3.63, 3.8) is 0 Å². The fourth-order valence-electron chi connectivity index (χ4n) is 3.08. The second kappa shape index (κ2) is 7.74. The van der Waals surface area contributed by atoms with Crippen molar-refractivity contribution in [1.29, 1.82) is 0 Å². The maximum atomic E-state index is 13.5. The zero-order valence-electron chi connectivity index (χ0n) is 13.9. The highest BCUT2D eigenvalue weighted by atomic mass is 19.1. The molecule has 4 rings (SSSR count). The van der Waals surface area contributed by atoms with Crippen LogP contribution in [-0.4, -0.2) is 11.0 Å². The Morgan fingerprint density at radius 1 is 0.840 bits per heavy atom. The van der Waals surface area contributed by atoms with Crippen LogP contribution in [0.25, 0.3) is 22.2 Å². The van der Waals surface area contributed by atoms with Crippen LogP contribution in [0.2, 0.25) is 0 Å². The summed E-state index contributed by atoms with van der Waals surface area (Å²) in [6, 6.07) is 10.0. The number of hydrogen-bond acceptors (Lipinski definition) is 1. The van der Waals surface area contributed by atoms with Gasteiger partial charge in [0, 0.05) is 23.2 Å². The SMILES string of the molecule is Fc1ccc(-c2cc3cc(F)cc(F)c3[nH]2)cc1.NC1CCCCC1. The molecule has 1 aliphatic carbocycles. The summed E-state index contributed by atoms with van der Waals surface area (Å²) in [6.07, 6.45) is 6.66. The molecular weight excluding hydrogens is 325 g/mol. The summed E-state index contributed by atoms with van der Waals surface area (Å²) in [5, 5.41) is 0.451. The molecule has 0 bridgehead atoms. The van der Waals surface area contributed by atoms with Gasteiger partial charge in [0.1, 0.15) is 17.5 Å². The number of aromatic nitrogens is 1. The van der Waals surface area contributed by atoms with Crippen LogP contribution < -0.4 is 5.73 Å². The summed E-state index contributed by atoms with van der Waals surface area (Å²) in [5.74, 6) is -1.60. The Labute approximate surface area is 144 Å². The number of rotatable bonds is 1. The van der Waals surface area contributed by atoms with Gasteiger partial charge in [0.25, 0.3) is 0 Å². The Kier molecular flexibility index (Phi) is 5.43. The first-order valence-corrected chi connectivity index (χ1v) is 8.52. The summed E-state index contributed by atoms with van der Waals surface area (Å²) in [4.78, 5) is 2.86. The molecule has 0 spiro atoms. The van der Waals surface area contributed by atoms with E-state index < -0.39 is 11.6 Å². The molecule has 0 atom stereocenters. The summed E-state index contributed by atoms with van der Waals surface area (Å²) >= 11 is 0. The second-order valence-corrected chi connectivity index (χ2v) is 6.44. The highest BCUT2D eigenvalue weighted by Crippen LogP contribution is 2.26. The van der Waals surface area contributed by atoms with Gasteiger partial charge < -0.3 is 10.7 Å². The molecule has 2 nitrogen and oxygen atoms in total. The van der Waals surface area contributed by atoms with E-state index in [-0.39, 0.29) is 11.3 Å². The van der Waals surface area contributed by atoms with E-state index in [1.165, 1.54) is 50.3 Å². The molecule has 25 heavy (non-hydrogen) atoms. The highest BCUT2D eigenvalue weighted by molar-refractivity contribution is 5.86. The molecule has 0 saturated heterocycles. The van der Waals surface area contributed by atoms with Gasteiger partial charge in [0.15, 0.2) is 0 Å². The highest BCUT2D eigenvalue weighted by Gasteiger charge is 2.09. The quantitative estimate of drug-likeness (QED) is 0.598. The van der Waals surface area contributed by atoms with Gasteiger partial charge in [-0.1, -0.05) is 19.3 Å². The third-order valence-electron chi connectivity index (χ3n) is 4.45. The van der Waals surface area contributed by atoms with Crippen LogP contribution in [0.4, 0.5) is 13.2 Å². The molecule has 1 heterocycles. The van der Waals surface area contributed by atoms with Crippen LogP contribution in [0.15, 0.2) is 42.5 Å². The second-order valence-electron chi connectivity index (χ2n) is 6.44. The molecule has 3 N–H and O–H groups in total. The zero-order chi connectivity index (χ0) is 17.8. The van der Waals surface area contributed by atoms with Crippen molar-refractivity contribution in [2.75, 3.05) is 0 Å². The average molecular weight is 346 g/mol. The lowest BCUT2D eigenvalue weighted by Gasteiger charge is -2.15. The van der Waals surface area contributed by atoms with E-state index in [1.807, 2.05) is 0 Å². The number of halogens is 3. The van der Waals surface area contributed by atoms with E-state index in [4.69, 9.17) is 5.73 Å². The molecule has 0 amide bonds. The molecule has 1 saturated carbocycles. The van der Waals surface area contributed by atoms with Crippen molar-refractivity contribution in [1.82, 2.24) is 4.98 Å². The largest absolute Gasteiger partial charge is 0.352 e. The van der Waals surface area contributed by atoms with Gasteiger partial charge in [-0.05, 0) is 54.8 Å². The lowest BCUT2D eigenvalue weighted by molar-refractivity contribution is 0.441. The first-order valence-electron chi connectivity index (χ1n) is 8.52. The number of aromatic amines is 1. The van der Waals surface area contributed by atoms with Gasteiger partial charge in [-0.15, -0.1) is 0 Å². The first-order chi connectivity index (χ1) is 12.0. The van der Waals surface area contributed by atoms with Gasteiger partial charge in [-0.2, -0.15) is 0 Å². The normalized spacial score (nSPS) is 15.0. The van der Waals surface area contributed by atoms with Gasteiger partial charge in [-0.3, -0.25) is 0 Å². The number of H-pyrrole nitrogens is 1. The van der Waals surface area contributed by atoms with E-state index >= 15 is 0 Å². The number of hydrogen-bond donors (Lipinski definition) is 2. The van der Waals surface area contributed by atoms with E-state index in [0.717, 1.165) is 6.07 Å². The summed E-state index contributed by atoms with van der Waals surface area (Å²) < 4.78 is 39.4. The lowest BCUT2D eigenvalue weighted by Crippen LogP contribution is -2.22. The number of nitrogens with one attached hydrogen (secondary N) is 1. The lowest BCUT2D eigenvalue weighted by atomic mass is 9.97. The fraction of sp³-hybridized carbons (Fsp3) is 0.300. The molecule has 1 aromatic heterocycles. The summed E-state index contributed by atoms with van der Waals surface area (Å²) in [7, 11) is 0. The minimum absolute atomic E-state index is 0.246. The third kappa shape index (κ3) is 4.42. The fourth-order valence-corrected chi connectivity index (χ4v) is 3.08. The van der Waals surface area contributed by atoms with E-state index in [0.29, 0.717) is 22.7 Å². The smallest absolute Gasteiger partial charge is 0.150 e. The van der Waals surface area contributed by atoms with Crippen molar-refractivity contribution in [3.8, 4) is 11.3 Å². The Balaban J connectivity index is 0.000000219. The third-order valence-corrected chi connectivity index (χ3v) is 4.45. The molecule has 2 aromatic carbocycles. The Morgan fingerprint density at radius 2 is 1.52 bits per heavy atom. The van der Waals surface area contributed by atoms with Gasteiger partial charge >= 0.3 is 0 Å². The topological polar surface area (TPSA) is 41.8 Å². The molecule has 5 heteroatoms. The van der Waals surface area contributed by atoms with Crippen molar-refractivity contribution in [2.45, 2.75) is 38.1 Å². The zero-order valence-corrected chi connectivity index (χ0v) is 13.9. The molecule has 132 valence electrons. The predicted octanol–water partition coefficient (Wildman–Crippen LogP) is 5.53. The molecule has 0 radical (unpaired) electrons. The Morgan fingerprint density at radius 3 is 2.12 bits per heavy atom. The Bertz CT molecular complexity index is 834. The van der Waals surface area contributed by atoms with E-state index in [1.54, 1.807) is 18.2 Å². The molecule has 3 aromatic rings. The van der Waals surface area contributed by atoms with Crippen molar-refractivity contribution < 1.29 is 13.2 Å². The van der Waals surface area contributed by atoms with Crippen LogP contribution in [-0.2, 0) is 0 Å². The minimum atomic E-state index is -0.640. The minimum Gasteiger partial charge on any atom is -0.352 e. The molecule has 0 unspecified atom stereocenters. The van der Waals surface area contributed by atoms with Gasteiger partial charge in [0.2, 0.25) is 0 Å². The molecular formula is C20H21F3N2. The number of benzene rings is 2. The monoisotopic (exact) mass is 346 g/mol. The molecule has 1 fully saturated rings. The maximum absolute atomic E-state index is 13.5. The number of nitrogens with two attached hydrogens (primary N) is 1. The van der Waals surface area contributed by atoms with E-state index in [9.17, 15) is 13.2 Å².